The van der Waals surface area contributed by atoms with Crippen molar-refractivity contribution in [3.8, 4) is 0 Å². The topological polar surface area (TPSA) is 96.0 Å². The number of morpholine rings is 1. The third-order valence-corrected chi connectivity index (χ3v) is 8.06. The van der Waals surface area contributed by atoms with E-state index in [0.717, 1.165) is 5.56 Å². The van der Waals surface area contributed by atoms with Crippen molar-refractivity contribution in [2.75, 3.05) is 37.7 Å². The zero-order valence-corrected chi connectivity index (χ0v) is 19.9. The fourth-order valence-corrected chi connectivity index (χ4v) is 5.81. The largest absolute Gasteiger partial charge is 0.379 e. The lowest BCUT2D eigenvalue weighted by Crippen LogP contribution is -2.47. The third-order valence-electron chi connectivity index (χ3n) is 5.91. The van der Waals surface area contributed by atoms with Gasteiger partial charge in [0.15, 0.2) is 0 Å². The van der Waals surface area contributed by atoms with Gasteiger partial charge in [-0.2, -0.15) is 4.31 Å². The summed E-state index contributed by atoms with van der Waals surface area (Å²) in [5.74, 6) is -0.539. The van der Waals surface area contributed by atoms with Gasteiger partial charge in [-0.05, 0) is 47.9 Å². The molecule has 0 radical (unpaired) electrons. The molecule has 1 atom stereocenters. The van der Waals surface area contributed by atoms with Crippen LogP contribution in [-0.2, 0) is 37.2 Å². The van der Waals surface area contributed by atoms with Gasteiger partial charge in [-0.15, -0.1) is 0 Å². The number of hydrogen-bond acceptors (Lipinski definition) is 5. The molecule has 1 fully saturated rings. The minimum absolute atomic E-state index is 0.162. The number of nitrogens with one attached hydrogen (secondary N) is 1. The van der Waals surface area contributed by atoms with E-state index in [9.17, 15) is 18.0 Å². The molecule has 33 heavy (non-hydrogen) atoms. The Morgan fingerprint density at radius 1 is 1.12 bits per heavy atom. The highest BCUT2D eigenvalue weighted by Gasteiger charge is 2.38. The summed E-state index contributed by atoms with van der Waals surface area (Å²) in [5.41, 5.74) is 2.27. The van der Waals surface area contributed by atoms with Crippen LogP contribution in [0.25, 0.3) is 0 Å². The smallest absolute Gasteiger partial charge is 0.243 e. The summed E-state index contributed by atoms with van der Waals surface area (Å²) in [7, 11) is -3.67. The molecule has 10 heteroatoms. The molecule has 2 aromatic carbocycles. The number of rotatable bonds is 6. The van der Waals surface area contributed by atoms with Crippen molar-refractivity contribution in [2.45, 2.75) is 30.7 Å². The second kappa shape index (κ2) is 9.80. The number of hydrogen-bond donors (Lipinski definition) is 1. The molecule has 8 nitrogen and oxygen atoms in total. The summed E-state index contributed by atoms with van der Waals surface area (Å²) in [5, 5.41) is 3.55. The molecule has 0 aromatic heterocycles. The molecule has 1 N–H and O–H groups in total. The van der Waals surface area contributed by atoms with Crippen molar-refractivity contribution in [1.82, 2.24) is 9.62 Å². The molecule has 2 aromatic rings. The van der Waals surface area contributed by atoms with Crippen LogP contribution in [0.1, 0.15) is 18.1 Å². The van der Waals surface area contributed by atoms with Gasteiger partial charge in [0.2, 0.25) is 21.8 Å². The number of carbonyl (C=O) groups excluding carboxylic acids is 2. The van der Waals surface area contributed by atoms with E-state index in [2.05, 4.69) is 5.32 Å². The van der Waals surface area contributed by atoms with E-state index in [4.69, 9.17) is 16.3 Å². The molecule has 0 unspecified atom stereocenters. The highest BCUT2D eigenvalue weighted by Crippen LogP contribution is 2.35. The summed E-state index contributed by atoms with van der Waals surface area (Å²) in [4.78, 5) is 26.9. The molecule has 4 rings (SSSR count). The van der Waals surface area contributed by atoms with Crippen LogP contribution in [0.5, 0.6) is 0 Å². The molecule has 0 aliphatic carbocycles. The van der Waals surface area contributed by atoms with Gasteiger partial charge < -0.3 is 10.1 Å². The zero-order valence-electron chi connectivity index (χ0n) is 18.3. The van der Waals surface area contributed by atoms with Crippen LogP contribution >= 0.6 is 11.6 Å². The van der Waals surface area contributed by atoms with E-state index in [-0.39, 0.29) is 23.1 Å². The quantitative estimate of drug-likeness (QED) is 0.666. The maximum Gasteiger partial charge on any atom is 0.243 e. The Kier molecular flexibility index (Phi) is 7.04. The number of carbonyl (C=O) groups is 2. The van der Waals surface area contributed by atoms with Crippen molar-refractivity contribution >= 4 is 39.1 Å². The Morgan fingerprint density at radius 2 is 1.82 bits per heavy atom. The molecule has 2 amide bonds. The molecule has 2 aliphatic rings. The van der Waals surface area contributed by atoms with Gasteiger partial charge >= 0.3 is 0 Å². The molecule has 0 bridgehead atoms. The summed E-state index contributed by atoms with van der Waals surface area (Å²) in [6.45, 7) is 3.15. The van der Waals surface area contributed by atoms with Crippen molar-refractivity contribution in [1.29, 1.82) is 0 Å². The maximum atomic E-state index is 13.0. The Labute approximate surface area is 198 Å². The number of halogens is 1. The van der Waals surface area contributed by atoms with E-state index >= 15 is 0 Å². The first-order valence-corrected chi connectivity index (χ1v) is 12.6. The molecule has 0 spiro atoms. The van der Waals surface area contributed by atoms with Gasteiger partial charge in [-0.3, -0.25) is 14.5 Å². The number of sulfonamides is 1. The average molecular weight is 492 g/mol. The van der Waals surface area contributed by atoms with Gasteiger partial charge in [0.1, 0.15) is 6.04 Å². The minimum Gasteiger partial charge on any atom is -0.379 e. The number of ether oxygens (including phenoxy) is 1. The van der Waals surface area contributed by atoms with Crippen LogP contribution in [0, 0.1) is 0 Å². The minimum atomic E-state index is -3.67. The molecule has 176 valence electrons. The van der Waals surface area contributed by atoms with Crippen LogP contribution in [0.3, 0.4) is 0 Å². The molecular weight excluding hydrogens is 466 g/mol. The van der Waals surface area contributed by atoms with Crippen molar-refractivity contribution in [3.63, 3.8) is 0 Å². The van der Waals surface area contributed by atoms with Crippen LogP contribution < -0.4 is 10.2 Å². The fraction of sp³-hybridized carbons (Fsp3) is 0.391. The van der Waals surface area contributed by atoms with E-state index in [1.807, 2.05) is 12.1 Å². The third kappa shape index (κ3) is 5.06. The predicted molar refractivity (Wildman–Crippen MR) is 125 cm³/mol. The van der Waals surface area contributed by atoms with E-state index in [1.165, 1.54) is 22.2 Å². The fourth-order valence-electron chi connectivity index (χ4n) is 4.22. The van der Waals surface area contributed by atoms with Crippen LogP contribution in [0.15, 0.2) is 47.4 Å². The van der Waals surface area contributed by atoms with Gasteiger partial charge in [-0.25, -0.2) is 8.42 Å². The van der Waals surface area contributed by atoms with Gasteiger partial charge in [-0.1, -0.05) is 23.7 Å². The Bertz CT molecular complexity index is 1150. The van der Waals surface area contributed by atoms with E-state index in [1.54, 1.807) is 24.3 Å². The summed E-state index contributed by atoms with van der Waals surface area (Å²) in [6.07, 6.45) is 0.888. The monoisotopic (exact) mass is 491 g/mol. The summed E-state index contributed by atoms with van der Waals surface area (Å²) >= 11 is 5.90. The van der Waals surface area contributed by atoms with Crippen molar-refractivity contribution in [3.05, 3.63) is 58.6 Å². The first kappa shape index (κ1) is 23.7. The summed E-state index contributed by atoms with van der Waals surface area (Å²) < 4.78 is 32.7. The molecule has 2 heterocycles. The van der Waals surface area contributed by atoms with Crippen molar-refractivity contribution in [2.24, 2.45) is 0 Å². The first-order chi connectivity index (χ1) is 15.8. The highest BCUT2D eigenvalue weighted by molar-refractivity contribution is 7.89. The number of nitrogens with zero attached hydrogens (tertiary/aromatic N) is 2. The Balaban J connectivity index is 1.48. The van der Waals surface area contributed by atoms with E-state index < -0.39 is 16.1 Å². The molecular formula is C23H26ClN3O5S. The lowest BCUT2D eigenvalue weighted by atomic mass is 10.1. The number of fused-ring (bicyclic) bond motifs is 1. The molecule has 0 saturated carbocycles. The lowest BCUT2D eigenvalue weighted by Gasteiger charge is -2.26. The van der Waals surface area contributed by atoms with Gasteiger partial charge in [0.25, 0.3) is 0 Å². The number of amides is 2. The SMILES string of the molecule is CC(=O)N1c2ccc(S(=O)(=O)N3CCOCC3)cc2C[C@H]1C(=O)NCCc1ccc(Cl)cc1. The van der Waals surface area contributed by atoms with Gasteiger partial charge in [0, 0.05) is 43.7 Å². The lowest BCUT2D eigenvalue weighted by molar-refractivity contribution is -0.125. The van der Waals surface area contributed by atoms with Crippen LogP contribution in [0.2, 0.25) is 5.02 Å². The Hall–Kier alpha value is -2.46. The van der Waals surface area contributed by atoms with Crippen molar-refractivity contribution < 1.29 is 22.7 Å². The Morgan fingerprint density at radius 3 is 2.48 bits per heavy atom. The second-order valence-electron chi connectivity index (χ2n) is 8.08. The highest BCUT2D eigenvalue weighted by atomic mass is 35.5. The predicted octanol–water partition coefficient (Wildman–Crippen LogP) is 2.00. The normalized spacial score (nSPS) is 18.7. The van der Waals surface area contributed by atoms with E-state index in [0.29, 0.717) is 55.5 Å². The number of benzene rings is 2. The molecule has 1 saturated heterocycles. The molecule has 2 aliphatic heterocycles. The maximum absolute atomic E-state index is 13.0. The summed E-state index contributed by atoms with van der Waals surface area (Å²) in [6, 6.07) is 11.4. The van der Waals surface area contributed by atoms with Crippen LogP contribution in [0.4, 0.5) is 5.69 Å². The standard InChI is InChI=1S/C23H26ClN3O5S/c1-16(28)27-21-7-6-20(33(30,31)26-10-12-32-13-11-26)14-18(21)15-22(27)23(29)25-9-8-17-2-4-19(24)5-3-17/h2-7,14,22H,8-13,15H2,1H3,(H,25,29)/t22-/m0/s1. The first-order valence-electron chi connectivity index (χ1n) is 10.8. The average Bonchev–Trinajstić information content (AvgIpc) is 3.20. The van der Waals surface area contributed by atoms with Gasteiger partial charge in [0.05, 0.1) is 18.1 Å². The second-order valence-corrected chi connectivity index (χ2v) is 10.5. The zero-order chi connectivity index (χ0) is 23.6. The van der Waals surface area contributed by atoms with Crippen LogP contribution in [-0.4, -0.2) is 63.4 Å². The number of anilines is 1.